The summed E-state index contributed by atoms with van der Waals surface area (Å²) in [5.41, 5.74) is 10.2. The van der Waals surface area contributed by atoms with Crippen LogP contribution in [0.5, 0.6) is 0 Å². The zero-order valence-electron chi connectivity index (χ0n) is 14.7. The summed E-state index contributed by atoms with van der Waals surface area (Å²) >= 11 is 0. The molecule has 1 aliphatic rings. The quantitative estimate of drug-likeness (QED) is 0.900. The summed E-state index contributed by atoms with van der Waals surface area (Å²) in [7, 11) is 0. The first-order chi connectivity index (χ1) is 11.4. The van der Waals surface area contributed by atoms with Crippen LogP contribution in [-0.4, -0.2) is 17.1 Å². The number of nitrogens with zero attached hydrogens (tertiary/aromatic N) is 1. The van der Waals surface area contributed by atoms with Gasteiger partial charge in [-0.15, -0.1) is 0 Å². The lowest BCUT2D eigenvalue weighted by molar-refractivity contribution is 0.160. The van der Waals surface area contributed by atoms with E-state index in [2.05, 4.69) is 91.8 Å². The summed E-state index contributed by atoms with van der Waals surface area (Å²) in [6.45, 7) is 7.43. The molecule has 126 valence electrons. The second kappa shape index (κ2) is 6.70. The molecule has 0 amide bonds. The lowest BCUT2D eigenvalue weighted by atomic mass is 9.85. The van der Waals surface area contributed by atoms with Crippen molar-refractivity contribution in [2.75, 3.05) is 0 Å². The van der Waals surface area contributed by atoms with Gasteiger partial charge in [0.15, 0.2) is 0 Å². The SMILES string of the molecule is CC(C)(C)[C@@H](N)C1NC(c2ccccc2)=CN1Cc1ccccc1. The van der Waals surface area contributed by atoms with Gasteiger partial charge < -0.3 is 16.0 Å². The highest BCUT2D eigenvalue weighted by Gasteiger charge is 2.35. The second-order valence-electron chi connectivity index (χ2n) is 7.55. The fourth-order valence-electron chi connectivity index (χ4n) is 3.01. The van der Waals surface area contributed by atoms with Crippen LogP contribution in [0.1, 0.15) is 31.9 Å². The Balaban J connectivity index is 1.88. The fourth-order valence-corrected chi connectivity index (χ4v) is 3.01. The highest BCUT2D eigenvalue weighted by Crippen LogP contribution is 2.29. The molecule has 3 nitrogen and oxygen atoms in total. The number of hydrogen-bond acceptors (Lipinski definition) is 3. The maximum atomic E-state index is 6.60. The van der Waals surface area contributed by atoms with Crippen LogP contribution < -0.4 is 11.1 Å². The summed E-state index contributed by atoms with van der Waals surface area (Å²) in [4.78, 5) is 2.33. The van der Waals surface area contributed by atoms with Crippen molar-refractivity contribution in [3.05, 3.63) is 78.0 Å². The van der Waals surface area contributed by atoms with Crippen molar-refractivity contribution in [2.45, 2.75) is 39.5 Å². The van der Waals surface area contributed by atoms with Crippen molar-refractivity contribution in [2.24, 2.45) is 11.1 Å². The zero-order chi connectivity index (χ0) is 17.2. The molecule has 1 unspecified atom stereocenters. The molecule has 0 bridgehead atoms. The maximum Gasteiger partial charge on any atom is 0.115 e. The van der Waals surface area contributed by atoms with Gasteiger partial charge in [0.2, 0.25) is 0 Å². The van der Waals surface area contributed by atoms with E-state index in [9.17, 15) is 0 Å². The molecule has 2 aromatic carbocycles. The van der Waals surface area contributed by atoms with Crippen molar-refractivity contribution < 1.29 is 0 Å². The molecule has 2 aromatic rings. The number of nitrogens with two attached hydrogens (primary N) is 1. The molecule has 1 aliphatic heterocycles. The molecule has 3 N–H and O–H groups in total. The lowest BCUT2D eigenvalue weighted by Crippen LogP contribution is -2.55. The van der Waals surface area contributed by atoms with Crippen LogP contribution in [0.4, 0.5) is 0 Å². The topological polar surface area (TPSA) is 41.3 Å². The van der Waals surface area contributed by atoms with E-state index in [4.69, 9.17) is 5.73 Å². The van der Waals surface area contributed by atoms with Crippen molar-refractivity contribution in [1.29, 1.82) is 0 Å². The normalized spacial score (nSPS) is 18.9. The standard InChI is InChI=1S/C21H27N3/c1-21(2,3)19(22)20-23-18(17-12-8-5-9-13-17)15-24(20)14-16-10-6-4-7-11-16/h4-13,15,19-20,23H,14,22H2,1-3H3/t19-,20?/m0/s1. The first-order valence-electron chi connectivity index (χ1n) is 8.54. The first-order valence-corrected chi connectivity index (χ1v) is 8.54. The number of hydrogen-bond donors (Lipinski definition) is 2. The number of rotatable bonds is 4. The third-order valence-electron chi connectivity index (χ3n) is 4.59. The van der Waals surface area contributed by atoms with Crippen LogP contribution in [0, 0.1) is 5.41 Å². The van der Waals surface area contributed by atoms with Crippen LogP contribution in [0.3, 0.4) is 0 Å². The van der Waals surface area contributed by atoms with Gasteiger partial charge in [-0.3, -0.25) is 0 Å². The van der Waals surface area contributed by atoms with Gasteiger partial charge in [0.25, 0.3) is 0 Å². The van der Waals surface area contributed by atoms with Crippen molar-refractivity contribution in [1.82, 2.24) is 10.2 Å². The molecule has 3 rings (SSSR count). The van der Waals surface area contributed by atoms with Gasteiger partial charge in [-0.25, -0.2) is 0 Å². The minimum Gasteiger partial charge on any atom is -0.362 e. The average molecular weight is 321 g/mol. The molecule has 0 aliphatic carbocycles. The number of benzene rings is 2. The van der Waals surface area contributed by atoms with Gasteiger partial charge in [0.1, 0.15) is 6.17 Å². The summed E-state index contributed by atoms with van der Waals surface area (Å²) in [5.74, 6) is 0. The predicted octanol–water partition coefficient (Wildman–Crippen LogP) is 3.79. The molecule has 0 saturated heterocycles. The molecule has 24 heavy (non-hydrogen) atoms. The zero-order valence-corrected chi connectivity index (χ0v) is 14.7. The maximum absolute atomic E-state index is 6.60. The smallest absolute Gasteiger partial charge is 0.115 e. The molecule has 0 radical (unpaired) electrons. The van der Waals surface area contributed by atoms with E-state index in [1.165, 1.54) is 11.1 Å². The molecule has 0 fully saturated rings. The van der Waals surface area contributed by atoms with Gasteiger partial charge in [0, 0.05) is 18.8 Å². The van der Waals surface area contributed by atoms with Crippen LogP contribution in [0.2, 0.25) is 0 Å². The fraction of sp³-hybridized carbons (Fsp3) is 0.333. The summed E-state index contributed by atoms with van der Waals surface area (Å²) < 4.78 is 0. The Bertz CT molecular complexity index is 686. The second-order valence-corrected chi connectivity index (χ2v) is 7.55. The summed E-state index contributed by atoms with van der Waals surface area (Å²) in [6, 6.07) is 21.0. The Kier molecular flexibility index (Phi) is 4.63. The number of nitrogens with one attached hydrogen (secondary N) is 1. The van der Waals surface area contributed by atoms with Crippen molar-refractivity contribution in [3.63, 3.8) is 0 Å². The Labute approximate surface area is 145 Å². The van der Waals surface area contributed by atoms with E-state index in [0.717, 1.165) is 12.2 Å². The molecule has 0 saturated carbocycles. The van der Waals surface area contributed by atoms with E-state index in [1.807, 2.05) is 6.07 Å². The van der Waals surface area contributed by atoms with Gasteiger partial charge >= 0.3 is 0 Å². The Morgan fingerprint density at radius 2 is 1.58 bits per heavy atom. The van der Waals surface area contributed by atoms with Gasteiger partial charge in [-0.2, -0.15) is 0 Å². The summed E-state index contributed by atoms with van der Waals surface area (Å²) in [5, 5.41) is 3.65. The summed E-state index contributed by atoms with van der Waals surface area (Å²) in [6.07, 6.45) is 2.29. The van der Waals surface area contributed by atoms with Crippen LogP contribution in [0.25, 0.3) is 5.70 Å². The van der Waals surface area contributed by atoms with Gasteiger partial charge in [-0.05, 0) is 16.5 Å². The van der Waals surface area contributed by atoms with Crippen molar-refractivity contribution in [3.8, 4) is 0 Å². The minimum absolute atomic E-state index is 0.0127. The Morgan fingerprint density at radius 3 is 2.17 bits per heavy atom. The van der Waals surface area contributed by atoms with Crippen LogP contribution in [-0.2, 0) is 6.54 Å². The predicted molar refractivity (Wildman–Crippen MR) is 101 cm³/mol. The van der Waals surface area contributed by atoms with E-state index in [0.29, 0.717) is 0 Å². The molecule has 2 atom stereocenters. The molecular weight excluding hydrogens is 294 g/mol. The molecule has 3 heteroatoms. The first kappa shape index (κ1) is 16.6. The molecule has 1 heterocycles. The van der Waals surface area contributed by atoms with Crippen LogP contribution in [0.15, 0.2) is 66.9 Å². The Morgan fingerprint density at radius 1 is 1.00 bits per heavy atom. The molecule has 0 spiro atoms. The Hall–Kier alpha value is -2.26. The molecule has 0 aromatic heterocycles. The minimum atomic E-state index is 0.0127. The molecular formula is C21H27N3. The van der Waals surface area contributed by atoms with E-state index in [1.54, 1.807) is 0 Å². The average Bonchev–Trinajstić information content (AvgIpc) is 2.98. The third-order valence-corrected chi connectivity index (χ3v) is 4.59. The van der Waals surface area contributed by atoms with Gasteiger partial charge in [-0.1, -0.05) is 81.4 Å². The van der Waals surface area contributed by atoms with E-state index < -0.39 is 0 Å². The third kappa shape index (κ3) is 3.62. The highest BCUT2D eigenvalue weighted by atomic mass is 15.3. The lowest BCUT2D eigenvalue weighted by Gasteiger charge is -2.37. The largest absolute Gasteiger partial charge is 0.362 e. The van der Waals surface area contributed by atoms with Gasteiger partial charge in [0.05, 0.1) is 5.70 Å². The highest BCUT2D eigenvalue weighted by molar-refractivity contribution is 5.65. The van der Waals surface area contributed by atoms with Crippen molar-refractivity contribution >= 4 is 5.70 Å². The monoisotopic (exact) mass is 321 g/mol. The van der Waals surface area contributed by atoms with E-state index in [-0.39, 0.29) is 17.6 Å². The van der Waals surface area contributed by atoms with E-state index >= 15 is 0 Å². The van der Waals surface area contributed by atoms with Crippen LogP contribution >= 0.6 is 0 Å².